The molecule has 0 fully saturated rings. The normalized spacial score (nSPS) is 15.9. The fraction of sp³-hybridized carbons (Fsp3) is 0.320. The van der Waals surface area contributed by atoms with Gasteiger partial charge in [0, 0.05) is 42.8 Å². The summed E-state index contributed by atoms with van der Waals surface area (Å²) < 4.78 is 0. The van der Waals surface area contributed by atoms with E-state index in [9.17, 15) is 9.59 Å². The van der Waals surface area contributed by atoms with E-state index in [1.54, 1.807) is 6.20 Å². The topological polar surface area (TPSA) is 74.8 Å². The second kappa shape index (κ2) is 8.27. The Hall–Kier alpha value is -3.21. The van der Waals surface area contributed by atoms with Gasteiger partial charge in [-0.05, 0) is 41.5 Å². The van der Waals surface area contributed by atoms with Gasteiger partial charge in [-0.15, -0.1) is 0 Å². The number of hydrogen-bond acceptors (Lipinski definition) is 3. The number of nitrogens with zero attached hydrogens (tertiary/aromatic N) is 1. The van der Waals surface area contributed by atoms with E-state index in [1.165, 1.54) is 6.92 Å². The molecule has 2 N–H and O–H groups in total. The lowest BCUT2D eigenvalue weighted by atomic mass is 9.79. The number of aromatic amines is 1. The van der Waals surface area contributed by atoms with Gasteiger partial charge in [0.05, 0.1) is 5.69 Å². The van der Waals surface area contributed by atoms with Crippen LogP contribution in [0.5, 0.6) is 0 Å². The van der Waals surface area contributed by atoms with Crippen LogP contribution in [0.4, 0.5) is 5.82 Å². The third kappa shape index (κ3) is 4.06. The number of nitrogens with one attached hydrogen (secondary N) is 2. The van der Waals surface area contributed by atoms with E-state index in [1.807, 2.05) is 30.3 Å². The molecule has 0 bridgehead atoms. The van der Waals surface area contributed by atoms with Crippen LogP contribution in [0.2, 0.25) is 0 Å². The van der Waals surface area contributed by atoms with E-state index >= 15 is 0 Å². The predicted octanol–water partition coefficient (Wildman–Crippen LogP) is 5.03. The molecule has 5 nitrogen and oxygen atoms in total. The van der Waals surface area contributed by atoms with Crippen LogP contribution >= 0.6 is 0 Å². The number of aromatic nitrogens is 2. The first-order valence-electron chi connectivity index (χ1n) is 10.5. The number of pyridine rings is 1. The van der Waals surface area contributed by atoms with Crippen LogP contribution in [0.15, 0.2) is 48.7 Å². The molecule has 2 heterocycles. The highest BCUT2D eigenvalue weighted by Gasteiger charge is 2.32. The van der Waals surface area contributed by atoms with Gasteiger partial charge in [-0.1, -0.05) is 44.2 Å². The molecule has 1 aliphatic rings. The molecular weight excluding hydrogens is 374 g/mol. The van der Waals surface area contributed by atoms with Crippen molar-refractivity contribution in [2.75, 3.05) is 5.32 Å². The fourth-order valence-corrected chi connectivity index (χ4v) is 4.29. The first-order valence-corrected chi connectivity index (χ1v) is 10.5. The lowest BCUT2D eigenvalue weighted by Gasteiger charge is -2.25. The summed E-state index contributed by atoms with van der Waals surface area (Å²) in [4.78, 5) is 32.5. The lowest BCUT2D eigenvalue weighted by molar-refractivity contribution is -0.114. The maximum atomic E-state index is 13.2. The Balaban J connectivity index is 1.83. The minimum absolute atomic E-state index is 0.162. The molecule has 4 rings (SSSR count). The number of benzene rings is 1. The largest absolute Gasteiger partial charge is 0.358 e. The maximum Gasteiger partial charge on any atom is 0.222 e. The van der Waals surface area contributed by atoms with Gasteiger partial charge >= 0.3 is 0 Å². The highest BCUT2D eigenvalue weighted by atomic mass is 16.1. The molecule has 1 atom stereocenters. The Morgan fingerprint density at radius 3 is 2.67 bits per heavy atom. The lowest BCUT2D eigenvalue weighted by Crippen LogP contribution is -2.24. The summed E-state index contributed by atoms with van der Waals surface area (Å²) in [6.45, 7) is 5.83. The summed E-state index contributed by atoms with van der Waals surface area (Å²) in [6.07, 6.45) is 3.84. The Kier molecular flexibility index (Phi) is 5.53. The van der Waals surface area contributed by atoms with Crippen LogP contribution in [-0.4, -0.2) is 21.7 Å². The van der Waals surface area contributed by atoms with Crippen LogP contribution in [0, 0.1) is 11.8 Å². The number of rotatable bonds is 5. The second-order valence-corrected chi connectivity index (χ2v) is 8.44. The van der Waals surface area contributed by atoms with Crippen molar-refractivity contribution in [2.45, 2.75) is 40.0 Å². The summed E-state index contributed by atoms with van der Waals surface area (Å²) in [5.74, 6) is 1.38. The molecular formula is C25H27N3O2. The zero-order chi connectivity index (χ0) is 21.3. The average molecular weight is 402 g/mol. The fourth-order valence-electron chi connectivity index (χ4n) is 4.29. The SMILES string of the molecule is CC(=O)Nc1cc(-c2[nH]c3c(c2Cc2ccccc2)C(=O)CC(C(C)C)C3)ccn1. The van der Waals surface area contributed by atoms with Crippen LogP contribution in [0.25, 0.3) is 11.3 Å². The number of carbonyl (C=O) groups is 2. The number of Topliss-reactive ketones (excluding diaryl/α,β-unsaturated/α-hetero) is 1. The zero-order valence-corrected chi connectivity index (χ0v) is 17.7. The number of amides is 1. The third-order valence-electron chi connectivity index (χ3n) is 5.89. The minimum atomic E-state index is -0.162. The third-order valence-corrected chi connectivity index (χ3v) is 5.89. The Labute approximate surface area is 176 Å². The van der Waals surface area contributed by atoms with Gasteiger partial charge in [0.1, 0.15) is 5.82 Å². The van der Waals surface area contributed by atoms with E-state index in [4.69, 9.17) is 0 Å². The van der Waals surface area contributed by atoms with Crippen molar-refractivity contribution in [2.24, 2.45) is 11.8 Å². The first kappa shape index (κ1) is 20.1. The molecule has 0 radical (unpaired) electrons. The molecule has 1 aliphatic carbocycles. The number of carbonyl (C=O) groups excluding carboxylic acids is 2. The van der Waals surface area contributed by atoms with E-state index in [0.717, 1.165) is 40.1 Å². The zero-order valence-electron chi connectivity index (χ0n) is 17.7. The van der Waals surface area contributed by atoms with Crippen molar-refractivity contribution < 1.29 is 9.59 Å². The number of ketones is 1. The number of hydrogen-bond donors (Lipinski definition) is 2. The van der Waals surface area contributed by atoms with Crippen LogP contribution < -0.4 is 5.32 Å². The van der Waals surface area contributed by atoms with E-state index in [2.05, 4.69) is 41.3 Å². The van der Waals surface area contributed by atoms with E-state index < -0.39 is 0 Å². The first-order chi connectivity index (χ1) is 14.4. The van der Waals surface area contributed by atoms with Crippen molar-refractivity contribution in [3.05, 3.63) is 71.0 Å². The van der Waals surface area contributed by atoms with Crippen molar-refractivity contribution in [3.8, 4) is 11.3 Å². The Morgan fingerprint density at radius 1 is 1.20 bits per heavy atom. The number of anilines is 1. The molecule has 1 amide bonds. The molecule has 5 heteroatoms. The molecule has 1 unspecified atom stereocenters. The van der Waals surface area contributed by atoms with Crippen molar-refractivity contribution in [3.63, 3.8) is 0 Å². The van der Waals surface area contributed by atoms with Crippen molar-refractivity contribution in [1.82, 2.24) is 9.97 Å². The quantitative estimate of drug-likeness (QED) is 0.630. The molecule has 2 aromatic heterocycles. The summed E-state index contributed by atoms with van der Waals surface area (Å²) in [6, 6.07) is 14.0. The van der Waals surface area contributed by atoms with Gasteiger partial charge in [0.15, 0.2) is 5.78 Å². The van der Waals surface area contributed by atoms with Gasteiger partial charge in [0.25, 0.3) is 0 Å². The monoisotopic (exact) mass is 401 g/mol. The number of H-pyrrole nitrogens is 1. The number of fused-ring (bicyclic) bond motifs is 1. The maximum absolute atomic E-state index is 13.2. The van der Waals surface area contributed by atoms with Gasteiger partial charge < -0.3 is 10.3 Å². The molecule has 0 saturated heterocycles. The van der Waals surface area contributed by atoms with Gasteiger partial charge in [-0.25, -0.2) is 4.98 Å². The van der Waals surface area contributed by atoms with Crippen molar-refractivity contribution in [1.29, 1.82) is 0 Å². The van der Waals surface area contributed by atoms with Crippen LogP contribution in [-0.2, 0) is 17.6 Å². The van der Waals surface area contributed by atoms with E-state index in [0.29, 0.717) is 30.5 Å². The summed E-state index contributed by atoms with van der Waals surface area (Å²) in [5, 5.41) is 2.75. The van der Waals surface area contributed by atoms with Gasteiger partial charge in [-0.2, -0.15) is 0 Å². The smallest absolute Gasteiger partial charge is 0.222 e. The Bertz CT molecular complexity index is 1080. The molecule has 0 aliphatic heterocycles. The summed E-state index contributed by atoms with van der Waals surface area (Å²) >= 11 is 0. The van der Waals surface area contributed by atoms with Gasteiger partial charge in [-0.3, -0.25) is 9.59 Å². The highest BCUT2D eigenvalue weighted by molar-refractivity contribution is 6.02. The minimum Gasteiger partial charge on any atom is -0.358 e. The average Bonchev–Trinajstić information content (AvgIpc) is 3.07. The summed E-state index contributed by atoms with van der Waals surface area (Å²) in [5.41, 5.74) is 5.94. The second-order valence-electron chi connectivity index (χ2n) is 8.44. The molecule has 0 saturated carbocycles. The molecule has 1 aromatic carbocycles. The highest BCUT2D eigenvalue weighted by Crippen LogP contribution is 2.38. The molecule has 30 heavy (non-hydrogen) atoms. The van der Waals surface area contributed by atoms with Crippen LogP contribution in [0.3, 0.4) is 0 Å². The van der Waals surface area contributed by atoms with E-state index in [-0.39, 0.29) is 11.7 Å². The summed E-state index contributed by atoms with van der Waals surface area (Å²) in [7, 11) is 0. The predicted molar refractivity (Wildman–Crippen MR) is 119 cm³/mol. The van der Waals surface area contributed by atoms with Crippen LogP contribution in [0.1, 0.15) is 54.4 Å². The standard InChI is InChI=1S/C25H27N3O2/c1-15(2)19-12-21-24(22(30)13-19)20(11-17-7-5-4-6-8-17)25(28-21)18-9-10-26-23(14-18)27-16(3)29/h4-10,14-15,19,28H,11-13H2,1-3H3,(H,26,27,29). The Morgan fingerprint density at radius 2 is 1.97 bits per heavy atom. The molecule has 0 spiro atoms. The van der Waals surface area contributed by atoms with Crippen molar-refractivity contribution >= 4 is 17.5 Å². The molecule has 3 aromatic rings. The molecule has 154 valence electrons. The van der Waals surface area contributed by atoms with Gasteiger partial charge in [0.2, 0.25) is 5.91 Å².